The van der Waals surface area contributed by atoms with Crippen LogP contribution in [0, 0.1) is 5.92 Å². The number of ether oxygens (including phenoxy) is 1. The molecule has 0 bridgehead atoms. The standard InChI is InChI=1S/C14H12N2O5/c1-2-20-14(19)10-9-11(21-15-10)13(18)16(12(9)17)8-6-4-3-5-7-8/h3-7,9,11H,2H2,1H3/t9-,11+/m0/s1. The number of amides is 2. The third-order valence-corrected chi connectivity index (χ3v) is 3.31. The number of hydrogen-bond donors (Lipinski definition) is 0. The summed E-state index contributed by atoms with van der Waals surface area (Å²) < 4.78 is 4.83. The number of fused-ring (bicyclic) bond motifs is 1. The number of oxime groups is 1. The number of benzene rings is 1. The molecule has 0 aliphatic carbocycles. The topological polar surface area (TPSA) is 85.3 Å². The maximum absolute atomic E-state index is 12.5. The molecule has 0 aromatic heterocycles. The van der Waals surface area contributed by atoms with E-state index >= 15 is 0 Å². The van der Waals surface area contributed by atoms with Gasteiger partial charge in [0, 0.05) is 0 Å². The molecule has 1 aromatic rings. The Hall–Kier alpha value is -2.70. The maximum atomic E-state index is 12.5. The molecule has 2 aliphatic rings. The number of hydrogen-bond acceptors (Lipinski definition) is 6. The molecule has 0 saturated carbocycles. The summed E-state index contributed by atoms with van der Waals surface area (Å²) in [7, 11) is 0. The quantitative estimate of drug-likeness (QED) is 0.597. The largest absolute Gasteiger partial charge is 0.461 e. The second-order valence-corrected chi connectivity index (χ2v) is 4.55. The molecule has 108 valence electrons. The zero-order valence-electron chi connectivity index (χ0n) is 11.2. The molecule has 21 heavy (non-hydrogen) atoms. The van der Waals surface area contributed by atoms with Gasteiger partial charge in [0.25, 0.3) is 5.91 Å². The lowest BCUT2D eigenvalue weighted by Crippen LogP contribution is -2.34. The summed E-state index contributed by atoms with van der Waals surface area (Å²) in [5, 5.41) is 3.54. The highest BCUT2D eigenvalue weighted by atomic mass is 16.7. The molecule has 1 aromatic carbocycles. The van der Waals surface area contributed by atoms with E-state index in [9.17, 15) is 14.4 Å². The fourth-order valence-electron chi connectivity index (χ4n) is 2.38. The van der Waals surface area contributed by atoms with Crippen LogP contribution < -0.4 is 4.90 Å². The van der Waals surface area contributed by atoms with E-state index in [4.69, 9.17) is 9.57 Å². The molecule has 3 rings (SSSR count). The minimum atomic E-state index is -1.09. The van der Waals surface area contributed by atoms with E-state index in [0.717, 1.165) is 4.90 Å². The highest BCUT2D eigenvalue weighted by Gasteiger charge is 2.57. The summed E-state index contributed by atoms with van der Waals surface area (Å²) >= 11 is 0. The summed E-state index contributed by atoms with van der Waals surface area (Å²) in [5.74, 6) is -2.82. The van der Waals surface area contributed by atoms with Gasteiger partial charge >= 0.3 is 5.97 Å². The van der Waals surface area contributed by atoms with Crippen LogP contribution in [0.2, 0.25) is 0 Å². The maximum Gasteiger partial charge on any atom is 0.357 e. The highest BCUT2D eigenvalue weighted by Crippen LogP contribution is 2.33. The summed E-state index contributed by atoms with van der Waals surface area (Å²) in [6.07, 6.45) is -1.09. The number of para-hydroxylation sites is 1. The number of carbonyl (C=O) groups is 3. The van der Waals surface area contributed by atoms with E-state index in [0.29, 0.717) is 5.69 Å². The molecule has 2 atom stereocenters. The van der Waals surface area contributed by atoms with Crippen molar-refractivity contribution in [3.8, 4) is 0 Å². The Kier molecular flexibility index (Phi) is 3.17. The van der Waals surface area contributed by atoms with E-state index in [1.807, 2.05) is 0 Å². The Morgan fingerprint density at radius 1 is 1.29 bits per heavy atom. The smallest absolute Gasteiger partial charge is 0.357 e. The summed E-state index contributed by atoms with van der Waals surface area (Å²) in [4.78, 5) is 42.5. The van der Waals surface area contributed by atoms with E-state index < -0.39 is 29.8 Å². The van der Waals surface area contributed by atoms with Gasteiger partial charge in [-0.15, -0.1) is 0 Å². The van der Waals surface area contributed by atoms with Crippen molar-refractivity contribution in [1.82, 2.24) is 0 Å². The Morgan fingerprint density at radius 3 is 2.67 bits per heavy atom. The van der Waals surface area contributed by atoms with Crippen molar-refractivity contribution < 1.29 is 24.0 Å². The van der Waals surface area contributed by atoms with Gasteiger partial charge in [-0.3, -0.25) is 9.59 Å². The van der Waals surface area contributed by atoms with Crippen LogP contribution in [0.5, 0.6) is 0 Å². The van der Waals surface area contributed by atoms with Gasteiger partial charge in [-0.05, 0) is 19.1 Å². The first-order chi connectivity index (χ1) is 10.1. The number of imide groups is 1. The summed E-state index contributed by atoms with van der Waals surface area (Å²) in [5.41, 5.74) is 0.285. The summed E-state index contributed by atoms with van der Waals surface area (Å²) in [6, 6.07) is 8.48. The normalized spacial score (nSPS) is 23.7. The van der Waals surface area contributed by atoms with Crippen molar-refractivity contribution in [2.45, 2.75) is 13.0 Å². The van der Waals surface area contributed by atoms with Crippen LogP contribution in [-0.4, -0.2) is 36.2 Å². The van der Waals surface area contributed by atoms with Crippen molar-refractivity contribution in [3.63, 3.8) is 0 Å². The Labute approximate surface area is 120 Å². The van der Waals surface area contributed by atoms with E-state index in [1.165, 1.54) is 0 Å². The minimum Gasteiger partial charge on any atom is -0.461 e. The van der Waals surface area contributed by atoms with Crippen LogP contribution in [0.3, 0.4) is 0 Å². The van der Waals surface area contributed by atoms with Crippen LogP contribution in [-0.2, 0) is 24.0 Å². The third kappa shape index (κ3) is 1.97. The second kappa shape index (κ2) is 5.01. The molecule has 0 radical (unpaired) electrons. The third-order valence-electron chi connectivity index (χ3n) is 3.31. The van der Waals surface area contributed by atoms with Gasteiger partial charge in [-0.2, -0.15) is 0 Å². The monoisotopic (exact) mass is 288 g/mol. The van der Waals surface area contributed by atoms with E-state index in [-0.39, 0.29) is 12.3 Å². The van der Waals surface area contributed by atoms with Gasteiger partial charge in [-0.1, -0.05) is 23.4 Å². The Bertz CT molecular complexity index is 640. The zero-order chi connectivity index (χ0) is 15.0. The number of rotatable bonds is 3. The fourth-order valence-corrected chi connectivity index (χ4v) is 2.38. The first kappa shape index (κ1) is 13.3. The van der Waals surface area contributed by atoms with Gasteiger partial charge in [0.2, 0.25) is 12.0 Å². The first-order valence-electron chi connectivity index (χ1n) is 6.49. The molecular formula is C14H12N2O5. The molecule has 1 fully saturated rings. The first-order valence-corrected chi connectivity index (χ1v) is 6.49. The lowest BCUT2D eigenvalue weighted by atomic mass is 10.00. The lowest BCUT2D eigenvalue weighted by Gasteiger charge is -2.14. The fraction of sp³-hybridized carbons (Fsp3) is 0.286. The molecule has 0 unspecified atom stereocenters. The average Bonchev–Trinajstić information content (AvgIpc) is 3.02. The Morgan fingerprint density at radius 2 is 2.00 bits per heavy atom. The second-order valence-electron chi connectivity index (χ2n) is 4.55. The molecule has 2 amide bonds. The molecule has 7 heteroatoms. The highest BCUT2D eigenvalue weighted by molar-refractivity contribution is 6.46. The van der Waals surface area contributed by atoms with Gasteiger partial charge in [0.05, 0.1) is 12.3 Å². The van der Waals surface area contributed by atoms with E-state index in [2.05, 4.69) is 5.16 Å². The van der Waals surface area contributed by atoms with Crippen molar-refractivity contribution in [2.75, 3.05) is 11.5 Å². The Balaban J connectivity index is 1.91. The predicted octanol–water partition coefficient (Wildman–Crippen LogP) is 0.494. The van der Waals surface area contributed by atoms with E-state index in [1.54, 1.807) is 37.3 Å². The molecule has 2 aliphatic heterocycles. The van der Waals surface area contributed by atoms with Gasteiger partial charge in [0.15, 0.2) is 5.71 Å². The van der Waals surface area contributed by atoms with Crippen LogP contribution in [0.1, 0.15) is 6.92 Å². The number of nitrogens with zero attached hydrogens (tertiary/aromatic N) is 2. The van der Waals surface area contributed by atoms with Crippen LogP contribution >= 0.6 is 0 Å². The summed E-state index contributed by atoms with van der Waals surface area (Å²) in [6.45, 7) is 1.80. The molecule has 0 spiro atoms. The van der Waals surface area contributed by atoms with Crippen LogP contribution in [0.15, 0.2) is 35.5 Å². The van der Waals surface area contributed by atoms with Crippen molar-refractivity contribution in [1.29, 1.82) is 0 Å². The predicted molar refractivity (Wildman–Crippen MR) is 71.4 cm³/mol. The van der Waals surface area contributed by atoms with Gasteiger partial charge < -0.3 is 9.57 Å². The number of anilines is 1. The lowest BCUT2D eigenvalue weighted by molar-refractivity contribution is -0.136. The molecule has 2 heterocycles. The average molecular weight is 288 g/mol. The van der Waals surface area contributed by atoms with Gasteiger partial charge in [-0.25, -0.2) is 9.69 Å². The minimum absolute atomic E-state index is 0.153. The van der Waals surface area contributed by atoms with Gasteiger partial charge in [0.1, 0.15) is 5.92 Å². The number of esters is 1. The number of carbonyl (C=O) groups excluding carboxylic acids is 3. The SMILES string of the molecule is CCOC(=O)C1=NO[C@H]2C(=O)N(c3ccccc3)C(=O)[C@@H]12. The molecule has 0 N–H and O–H groups in total. The van der Waals surface area contributed by atoms with Crippen molar-refractivity contribution >= 4 is 29.2 Å². The molecule has 1 saturated heterocycles. The molecular weight excluding hydrogens is 276 g/mol. The molecule has 7 nitrogen and oxygen atoms in total. The zero-order valence-corrected chi connectivity index (χ0v) is 11.2. The van der Waals surface area contributed by atoms with Crippen LogP contribution in [0.4, 0.5) is 5.69 Å². The van der Waals surface area contributed by atoms with Crippen molar-refractivity contribution in [3.05, 3.63) is 30.3 Å². The van der Waals surface area contributed by atoms with Crippen molar-refractivity contribution in [2.24, 2.45) is 11.1 Å². The van der Waals surface area contributed by atoms with Crippen LogP contribution in [0.25, 0.3) is 0 Å².